The Bertz CT molecular complexity index is 995. The van der Waals surface area contributed by atoms with Gasteiger partial charge in [0.1, 0.15) is 17.7 Å². The Balaban J connectivity index is 1.58. The molecular formula is C19H20N6O3. The standard InChI is InChI=1S/C19H20N6O3/c1-13(23-27)14-2-4-15(5-3-14)19(26)22-16-12-18(24-8-10-28-11-9-24)25-17(21-16)6-7-20-25/h2-7,12-13H,8-11H2,1H3,(H,21,22,26). The van der Waals surface area contributed by atoms with E-state index in [1.54, 1.807) is 48.0 Å². The Morgan fingerprint density at radius 1 is 1.21 bits per heavy atom. The minimum Gasteiger partial charge on any atom is -0.378 e. The predicted octanol–water partition coefficient (Wildman–Crippen LogP) is 2.65. The van der Waals surface area contributed by atoms with Gasteiger partial charge in [-0.2, -0.15) is 14.5 Å². The Morgan fingerprint density at radius 2 is 1.96 bits per heavy atom. The Hall–Kier alpha value is -3.33. The van der Waals surface area contributed by atoms with Gasteiger partial charge in [0.15, 0.2) is 5.65 Å². The number of morpholine rings is 1. The summed E-state index contributed by atoms with van der Waals surface area (Å²) in [6, 6.07) is 9.97. The van der Waals surface area contributed by atoms with Gasteiger partial charge in [-0.05, 0) is 24.6 Å². The van der Waals surface area contributed by atoms with E-state index in [1.807, 2.05) is 6.07 Å². The fourth-order valence-corrected chi connectivity index (χ4v) is 3.14. The second kappa shape index (κ2) is 7.73. The third kappa shape index (κ3) is 3.56. The first kappa shape index (κ1) is 18.1. The van der Waals surface area contributed by atoms with Crippen molar-refractivity contribution >= 4 is 23.2 Å². The van der Waals surface area contributed by atoms with Gasteiger partial charge in [0.2, 0.25) is 0 Å². The molecule has 2 aromatic heterocycles. The van der Waals surface area contributed by atoms with E-state index in [0.717, 1.165) is 24.5 Å². The highest BCUT2D eigenvalue weighted by Crippen LogP contribution is 2.22. The van der Waals surface area contributed by atoms with E-state index in [1.165, 1.54) is 0 Å². The van der Waals surface area contributed by atoms with E-state index < -0.39 is 6.04 Å². The molecule has 4 rings (SSSR count). The molecule has 0 spiro atoms. The maximum absolute atomic E-state index is 12.6. The van der Waals surface area contributed by atoms with E-state index in [2.05, 4.69) is 25.5 Å². The summed E-state index contributed by atoms with van der Waals surface area (Å²) < 4.78 is 7.17. The van der Waals surface area contributed by atoms with E-state index in [-0.39, 0.29) is 5.91 Å². The molecular weight excluding hydrogens is 360 g/mol. The molecule has 1 aliphatic heterocycles. The number of benzene rings is 1. The second-order valence-corrected chi connectivity index (χ2v) is 6.56. The summed E-state index contributed by atoms with van der Waals surface area (Å²) in [7, 11) is 0. The van der Waals surface area contributed by atoms with Crippen LogP contribution in [0.3, 0.4) is 0 Å². The highest BCUT2D eigenvalue weighted by Gasteiger charge is 2.18. The van der Waals surface area contributed by atoms with Crippen LogP contribution in [0.25, 0.3) is 5.65 Å². The number of carbonyl (C=O) groups is 1. The number of rotatable bonds is 5. The number of nitrogens with zero attached hydrogens (tertiary/aromatic N) is 5. The number of hydrogen-bond acceptors (Lipinski definition) is 7. The van der Waals surface area contributed by atoms with Crippen molar-refractivity contribution in [3.8, 4) is 0 Å². The van der Waals surface area contributed by atoms with Gasteiger partial charge in [0.05, 0.1) is 19.4 Å². The first-order chi connectivity index (χ1) is 13.7. The minimum atomic E-state index is -0.445. The topological polar surface area (TPSA) is 101 Å². The maximum Gasteiger partial charge on any atom is 0.256 e. The van der Waals surface area contributed by atoms with Crippen molar-refractivity contribution in [2.24, 2.45) is 5.18 Å². The van der Waals surface area contributed by atoms with E-state index >= 15 is 0 Å². The maximum atomic E-state index is 12.6. The number of aromatic nitrogens is 3. The van der Waals surface area contributed by atoms with Crippen molar-refractivity contribution in [2.45, 2.75) is 13.0 Å². The summed E-state index contributed by atoms with van der Waals surface area (Å²) in [6.45, 7) is 4.49. The molecule has 0 saturated carbocycles. The van der Waals surface area contributed by atoms with Crippen molar-refractivity contribution in [2.75, 3.05) is 36.5 Å². The van der Waals surface area contributed by atoms with Crippen molar-refractivity contribution in [1.29, 1.82) is 0 Å². The molecule has 0 aliphatic carbocycles. The molecule has 9 nitrogen and oxygen atoms in total. The van der Waals surface area contributed by atoms with E-state index in [9.17, 15) is 9.70 Å². The molecule has 0 bridgehead atoms. The zero-order valence-electron chi connectivity index (χ0n) is 15.4. The van der Waals surface area contributed by atoms with Crippen LogP contribution < -0.4 is 10.2 Å². The summed E-state index contributed by atoms with van der Waals surface area (Å²) in [4.78, 5) is 29.9. The van der Waals surface area contributed by atoms with Crippen molar-refractivity contribution in [3.63, 3.8) is 0 Å². The molecule has 1 atom stereocenters. The quantitative estimate of drug-likeness (QED) is 0.683. The molecule has 1 saturated heterocycles. The average molecular weight is 380 g/mol. The lowest BCUT2D eigenvalue weighted by molar-refractivity contribution is 0.102. The lowest BCUT2D eigenvalue weighted by Crippen LogP contribution is -2.37. The zero-order chi connectivity index (χ0) is 19.5. The van der Waals surface area contributed by atoms with Crippen LogP contribution in [0.4, 0.5) is 11.6 Å². The molecule has 0 radical (unpaired) electrons. The summed E-state index contributed by atoms with van der Waals surface area (Å²) in [5.41, 5.74) is 1.89. The number of anilines is 2. The normalized spacial score (nSPS) is 15.4. The van der Waals surface area contributed by atoms with Gasteiger partial charge >= 0.3 is 0 Å². The molecule has 1 amide bonds. The fraction of sp³-hybridized carbons (Fsp3) is 0.316. The number of ether oxygens (including phenoxy) is 1. The van der Waals surface area contributed by atoms with E-state index in [0.29, 0.717) is 30.2 Å². The van der Waals surface area contributed by atoms with Crippen LogP contribution >= 0.6 is 0 Å². The lowest BCUT2D eigenvalue weighted by atomic mass is 10.1. The number of nitroso groups, excluding NO2 is 1. The van der Waals surface area contributed by atoms with Crippen LogP contribution in [0.1, 0.15) is 28.9 Å². The number of hydrogen-bond donors (Lipinski definition) is 1. The number of nitrogens with one attached hydrogen (secondary N) is 1. The van der Waals surface area contributed by atoms with Crippen LogP contribution in [-0.4, -0.2) is 46.8 Å². The molecule has 1 unspecified atom stereocenters. The summed E-state index contributed by atoms with van der Waals surface area (Å²) in [5.74, 6) is 1.03. The number of carbonyl (C=O) groups excluding carboxylic acids is 1. The lowest BCUT2D eigenvalue weighted by Gasteiger charge is -2.29. The highest BCUT2D eigenvalue weighted by molar-refractivity contribution is 6.04. The van der Waals surface area contributed by atoms with Gasteiger partial charge in [-0.15, -0.1) is 0 Å². The molecule has 1 N–H and O–H groups in total. The van der Waals surface area contributed by atoms with Gasteiger partial charge in [-0.1, -0.05) is 17.3 Å². The molecule has 28 heavy (non-hydrogen) atoms. The van der Waals surface area contributed by atoms with Gasteiger partial charge < -0.3 is 15.0 Å². The van der Waals surface area contributed by atoms with Gasteiger partial charge in [0.25, 0.3) is 5.91 Å². The fourth-order valence-electron chi connectivity index (χ4n) is 3.14. The zero-order valence-corrected chi connectivity index (χ0v) is 15.4. The summed E-state index contributed by atoms with van der Waals surface area (Å²) >= 11 is 0. The number of amides is 1. The van der Waals surface area contributed by atoms with E-state index in [4.69, 9.17) is 4.74 Å². The van der Waals surface area contributed by atoms with Crippen molar-refractivity contribution < 1.29 is 9.53 Å². The van der Waals surface area contributed by atoms with Crippen molar-refractivity contribution in [1.82, 2.24) is 14.6 Å². The van der Waals surface area contributed by atoms with Crippen LogP contribution in [-0.2, 0) is 4.74 Å². The first-order valence-electron chi connectivity index (χ1n) is 9.07. The Morgan fingerprint density at radius 3 is 2.68 bits per heavy atom. The van der Waals surface area contributed by atoms with Crippen LogP contribution in [0.5, 0.6) is 0 Å². The molecule has 3 aromatic rings. The summed E-state index contributed by atoms with van der Waals surface area (Å²) in [6.07, 6.45) is 1.68. The smallest absolute Gasteiger partial charge is 0.256 e. The number of fused-ring (bicyclic) bond motifs is 1. The molecule has 1 fully saturated rings. The molecule has 9 heteroatoms. The molecule has 3 heterocycles. The van der Waals surface area contributed by atoms with Gasteiger partial charge in [0, 0.05) is 30.8 Å². The minimum absolute atomic E-state index is 0.275. The monoisotopic (exact) mass is 380 g/mol. The van der Waals surface area contributed by atoms with Crippen LogP contribution in [0.15, 0.2) is 47.8 Å². The molecule has 1 aliphatic rings. The SMILES string of the molecule is CC(N=O)c1ccc(C(=O)Nc2cc(N3CCOCC3)n3nccc3n2)cc1. The Kier molecular flexibility index (Phi) is 4.98. The second-order valence-electron chi connectivity index (χ2n) is 6.56. The van der Waals surface area contributed by atoms with Gasteiger partial charge in [-0.25, -0.2) is 4.98 Å². The predicted molar refractivity (Wildman–Crippen MR) is 105 cm³/mol. The summed E-state index contributed by atoms with van der Waals surface area (Å²) in [5, 5.41) is 10.2. The highest BCUT2D eigenvalue weighted by atomic mass is 16.5. The van der Waals surface area contributed by atoms with Crippen LogP contribution in [0, 0.1) is 4.91 Å². The molecule has 1 aromatic carbocycles. The van der Waals surface area contributed by atoms with Crippen molar-refractivity contribution in [3.05, 3.63) is 58.6 Å². The molecule has 144 valence electrons. The first-order valence-corrected chi connectivity index (χ1v) is 9.07. The third-order valence-electron chi connectivity index (χ3n) is 4.73. The van der Waals surface area contributed by atoms with Gasteiger partial charge in [-0.3, -0.25) is 4.79 Å². The largest absolute Gasteiger partial charge is 0.378 e. The van der Waals surface area contributed by atoms with Crippen LogP contribution in [0.2, 0.25) is 0 Å². The third-order valence-corrected chi connectivity index (χ3v) is 4.73. The Labute approximate surface area is 161 Å². The average Bonchev–Trinajstić information content (AvgIpc) is 3.22.